The van der Waals surface area contributed by atoms with E-state index in [2.05, 4.69) is 18.3 Å². The van der Waals surface area contributed by atoms with E-state index in [1.807, 2.05) is 5.01 Å². The number of carbonyl (C=O) groups excluding carboxylic acids is 1. The maximum atomic E-state index is 12.3. The number of nitrogens with one attached hydrogen (secondary N) is 1. The van der Waals surface area contributed by atoms with Crippen LogP contribution in [0, 0.1) is 0 Å². The Hall–Kier alpha value is -1.14. The second-order valence-corrected chi connectivity index (χ2v) is 6.88. The molecule has 1 N–H and O–H groups in total. The zero-order valence-corrected chi connectivity index (χ0v) is 15.7. The predicted molar refractivity (Wildman–Crippen MR) is 101 cm³/mol. The van der Waals surface area contributed by atoms with Gasteiger partial charge in [0.2, 0.25) is 0 Å². The Morgan fingerprint density at radius 3 is 2.88 bits per heavy atom. The van der Waals surface area contributed by atoms with Crippen molar-refractivity contribution in [2.45, 2.75) is 58.3 Å². The molecule has 0 spiro atoms. The second-order valence-electron chi connectivity index (χ2n) is 6.49. The molecule has 136 valence electrons. The van der Waals surface area contributed by atoms with Crippen molar-refractivity contribution in [3.63, 3.8) is 0 Å². The van der Waals surface area contributed by atoms with Gasteiger partial charge in [0.1, 0.15) is 6.61 Å². The maximum absolute atomic E-state index is 12.3. The number of amides is 1. The summed E-state index contributed by atoms with van der Waals surface area (Å²) < 4.78 is 5.45. The molecule has 1 amide bonds. The second kappa shape index (κ2) is 10.7. The Kier molecular flexibility index (Phi) is 8.53. The van der Waals surface area contributed by atoms with Crippen molar-refractivity contribution < 1.29 is 9.53 Å². The standard InChI is InChI=1S/C18H31N3O2S/c1-2-3-14-23-15-17(22)20-12-7-13-21(20)18(24)19-11-10-16-8-5-4-6-9-16/h8H,2-7,9-15H2,1H3,(H,19,24). The molecule has 6 heteroatoms. The number of allylic oxidation sites excluding steroid dienone is 1. The van der Waals surface area contributed by atoms with E-state index >= 15 is 0 Å². The van der Waals surface area contributed by atoms with Crippen LogP contribution in [0.25, 0.3) is 0 Å². The highest BCUT2D eigenvalue weighted by Crippen LogP contribution is 2.19. The van der Waals surface area contributed by atoms with Crippen LogP contribution < -0.4 is 5.32 Å². The summed E-state index contributed by atoms with van der Waals surface area (Å²) in [6, 6.07) is 0. The Morgan fingerprint density at radius 1 is 1.29 bits per heavy atom. The van der Waals surface area contributed by atoms with E-state index in [0.29, 0.717) is 11.7 Å². The lowest BCUT2D eigenvalue weighted by Gasteiger charge is -2.30. The molecule has 0 saturated carbocycles. The van der Waals surface area contributed by atoms with Gasteiger partial charge in [-0.15, -0.1) is 0 Å². The van der Waals surface area contributed by atoms with E-state index in [1.54, 1.807) is 5.01 Å². The van der Waals surface area contributed by atoms with Crippen molar-refractivity contribution in [3.8, 4) is 0 Å². The highest BCUT2D eigenvalue weighted by atomic mass is 32.1. The summed E-state index contributed by atoms with van der Waals surface area (Å²) in [5.74, 6) is 0.00254. The normalized spacial score (nSPS) is 17.8. The molecule has 5 nitrogen and oxygen atoms in total. The molecular weight excluding hydrogens is 322 g/mol. The van der Waals surface area contributed by atoms with Crippen molar-refractivity contribution in [1.82, 2.24) is 15.3 Å². The summed E-state index contributed by atoms with van der Waals surface area (Å²) in [5.41, 5.74) is 1.54. The summed E-state index contributed by atoms with van der Waals surface area (Å²) >= 11 is 5.49. The Bertz CT molecular complexity index is 454. The molecule has 2 aliphatic rings. The molecule has 0 unspecified atom stereocenters. The summed E-state index contributed by atoms with van der Waals surface area (Å²) in [7, 11) is 0. The minimum absolute atomic E-state index is 0.00254. The lowest BCUT2D eigenvalue weighted by Crippen LogP contribution is -2.50. The first kappa shape index (κ1) is 19.2. The van der Waals surface area contributed by atoms with Gasteiger partial charge in [0.05, 0.1) is 0 Å². The van der Waals surface area contributed by atoms with Gasteiger partial charge in [-0.1, -0.05) is 25.0 Å². The van der Waals surface area contributed by atoms with Gasteiger partial charge < -0.3 is 10.1 Å². The Labute approximate surface area is 151 Å². The highest BCUT2D eigenvalue weighted by Gasteiger charge is 2.28. The number of thiocarbonyl (C=S) groups is 1. The number of hydrogen-bond acceptors (Lipinski definition) is 3. The molecule has 2 rings (SSSR count). The molecular formula is C18H31N3O2S. The maximum Gasteiger partial charge on any atom is 0.267 e. The molecule has 0 aromatic carbocycles. The number of rotatable bonds is 8. The lowest BCUT2D eigenvalue weighted by atomic mass is 9.97. The first-order valence-electron chi connectivity index (χ1n) is 9.33. The van der Waals surface area contributed by atoms with Crippen LogP contribution in [-0.2, 0) is 9.53 Å². The van der Waals surface area contributed by atoms with Crippen molar-refractivity contribution in [3.05, 3.63) is 11.6 Å². The van der Waals surface area contributed by atoms with Gasteiger partial charge in [0.15, 0.2) is 5.11 Å². The SMILES string of the molecule is CCCCOCC(=O)N1CCCN1C(=S)NCCC1=CCCCC1. The number of hydrazine groups is 1. The molecule has 1 fully saturated rings. The third kappa shape index (κ3) is 6.06. The first-order chi connectivity index (χ1) is 11.7. The van der Waals surface area contributed by atoms with Crippen LogP contribution in [0.15, 0.2) is 11.6 Å². The third-order valence-electron chi connectivity index (χ3n) is 4.53. The van der Waals surface area contributed by atoms with Crippen molar-refractivity contribution >= 4 is 23.2 Å². The predicted octanol–water partition coefficient (Wildman–Crippen LogP) is 3.02. The fraction of sp³-hybridized carbons (Fsp3) is 0.778. The number of ether oxygens (including phenoxy) is 1. The Morgan fingerprint density at radius 2 is 2.12 bits per heavy atom. The van der Waals surface area contributed by atoms with E-state index in [9.17, 15) is 4.79 Å². The van der Waals surface area contributed by atoms with Crippen molar-refractivity contribution in [2.75, 3.05) is 32.8 Å². The van der Waals surface area contributed by atoms with Gasteiger partial charge >= 0.3 is 0 Å². The van der Waals surface area contributed by atoms with Gasteiger partial charge in [-0.2, -0.15) is 0 Å². The molecule has 1 aliphatic carbocycles. The monoisotopic (exact) mass is 353 g/mol. The highest BCUT2D eigenvalue weighted by molar-refractivity contribution is 7.80. The molecule has 0 aromatic rings. The summed E-state index contributed by atoms with van der Waals surface area (Å²) in [6.07, 6.45) is 11.5. The van der Waals surface area contributed by atoms with Gasteiger partial charge in [-0.25, -0.2) is 5.01 Å². The fourth-order valence-electron chi connectivity index (χ4n) is 3.12. The smallest absolute Gasteiger partial charge is 0.267 e. The fourth-order valence-corrected chi connectivity index (χ4v) is 3.41. The van der Waals surface area contributed by atoms with Crippen molar-refractivity contribution in [2.24, 2.45) is 0 Å². The molecule has 1 aliphatic heterocycles. The summed E-state index contributed by atoms with van der Waals surface area (Å²) in [5, 5.41) is 7.61. The van der Waals surface area contributed by atoms with Gasteiger partial charge in [0, 0.05) is 26.2 Å². The van der Waals surface area contributed by atoms with Crippen LogP contribution in [0.5, 0.6) is 0 Å². The molecule has 24 heavy (non-hydrogen) atoms. The van der Waals surface area contributed by atoms with Crippen LogP contribution in [0.2, 0.25) is 0 Å². The van der Waals surface area contributed by atoms with Gasteiger partial charge in [-0.3, -0.25) is 9.80 Å². The minimum atomic E-state index is 0.00254. The first-order valence-corrected chi connectivity index (χ1v) is 9.74. The van der Waals surface area contributed by atoms with Crippen LogP contribution >= 0.6 is 12.2 Å². The zero-order chi connectivity index (χ0) is 17.2. The number of nitrogens with zero attached hydrogens (tertiary/aromatic N) is 2. The topological polar surface area (TPSA) is 44.8 Å². The lowest BCUT2D eigenvalue weighted by molar-refractivity contribution is -0.144. The van der Waals surface area contributed by atoms with E-state index in [1.165, 1.54) is 31.3 Å². The van der Waals surface area contributed by atoms with E-state index in [-0.39, 0.29) is 12.5 Å². The van der Waals surface area contributed by atoms with Crippen LogP contribution in [0.1, 0.15) is 58.3 Å². The average molecular weight is 354 g/mol. The molecule has 0 aromatic heterocycles. The average Bonchev–Trinajstić information content (AvgIpc) is 3.09. The molecule has 0 radical (unpaired) electrons. The quantitative estimate of drug-likeness (QED) is 0.413. The van der Waals surface area contributed by atoms with E-state index in [0.717, 1.165) is 45.3 Å². The largest absolute Gasteiger partial charge is 0.372 e. The van der Waals surface area contributed by atoms with Crippen molar-refractivity contribution in [1.29, 1.82) is 0 Å². The Balaban J connectivity index is 1.71. The molecule has 0 bridgehead atoms. The number of carbonyl (C=O) groups is 1. The molecule has 0 atom stereocenters. The number of hydrogen-bond donors (Lipinski definition) is 1. The van der Waals surface area contributed by atoms with E-state index in [4.69, 9.17) is 17.0 Å². The van der Waals surface area contributed by atoms with Crippen LogP contribution in [0.4, 0.5) is 0 Å². The minimum Gasteiger partial charge on any atom is -0.372 e. The van der Waals surface area contributed by atoms with Gasteiger partial charge in [-0.05, 0) is 57.2 Å². The summed E-state index contributed by atoms with van der Waals surface area (Å²) in [6.45, 7) is 5.27. The van der Waals surface area contributed by atoms with Crippen LogP contribution in [0.3, 0.4) is 0 Å². The summed E-state index contributed by atoms with van der Waals surface area (Å²) in [4.78, 5) is 12.3. The number of unbranched alkanes of at least 4 members (excludes halogenated alkanes) is 1. The van der Waals surface area contributed by atoms with E-state index < -0.39 is 0 Å². The molecule has 1 saturated heterocycles. The molecule has 1 heterocycles. The van der Waals surface area contributed by atoms with Gasteiger partial charge in [0.25, 0.3) is 5.91 Å². The third-order valence-corrected chi connectivity index (χ3v) is 4.88. The van der Waals surface area contributed by atoms with Crippen LogP contribution in [-0.4, -0.2) is 53.9 Å². The zero-order valence-electron chi connectivity index (χ0n) is 14.9.